The molecule has 0 radical (unpaired) electrons. The molecule has 3 fully saturated rings. The van der Waals surface area contributed by atoms with Crippen molar-refractivity contribution in [2.45, 2.75) is 30.2 Å². The first-order valence-corrected chi connectivity index (χ1v) is 11.0. The fourth-order valence-electron chi connectivity index (χ4n) is 3.48. The smallest absolute Gasteiger partial charge is 0.225 e. The van der Waals surface area contributed by atoms with Crippen LogP contribution in [0.4, 0.5) is 5.95 Å². The van der Waals surface area contributed by atoms with E-state index in [-0.39, 0.29) is 23.3 Å². The van der Waals surface area contributed by atoms with Crippen LogP contribution in [-0.2, 0) is 19.9 Å². The minimum atomic E-state index is -3.40. The summed E-state index contributed by atoms with van der Waals surface area (Å²) in [6, 6.07) is 0.744. The summed E-state index contributed by atoms with van der Waals surface area (Å²) in [5.41, 5.74) is 0. The van der Waals surface area contributed by atoms with Gasteiger partial charge in [0.15, 0.2) is 9.84 Å². The largest absolute Gasteiger partial charge is 0.334 e. The molecular formula is C13H18N4O4S2. The second-order valence-corrected chi connectivity index (χ2v) is 10.6. The number of fused-ring (bicyclic) bond motifs is 1. The molecule has 2 aliphatic heterocycles. The molecule has 3 aliphatic rings. The van der Waals surface area contributed by atoms with Crippen LogP contribution < -0.4 is 4.90 Å². The van der Waals surface area contributed by atoms with Gasteiger partial charge >= 0.3 is 0 Å². The van der Waals surface area contributed by atoms with Crippen LogP contribution in [0.5, 0.6) is 0 Å². The van der Waals surface area contributed by atoms with Gasteiger partial charge in [-0.25, -0.2) is 26.8 Å². The average molecular weight is 358 g/mol. The zero-order chi connectivity index (χ0) is 16.2. The van der Waals surface area contributed by atoms with Crippen LogP contribution in [0.2, 0.25) is 0 Å². The van der Waals surface area contributed by atoms with Crippen LogP contribution in [-0.4, -0.2) is 73.0 Å². The van der Waals surface area contributed by atoms with E-state index in [1.165, 1.54) is 4.31 Å². The molecule has 0 spiro atoms. The quantitative estimate of drug-likeness (QED) is 0.701. The summed E-state index contributed by atoms with van der Waals surface area (Å²) in [5.74, 6) is 0.294. The number of anilines is 1. The zero-order valence-electron chi connectivity index (χ0n) is 12.4. The van der Waals surface area contributed by atoms with Crippen LogP contribution in [0, 0.1) is 0 Å². The van der Waals surface area contributed by atoms with Gasteiger partial charge in [0.25, 0.3) is 0 Å². The summed E-state index contributed by atoms with van der Waals surface area (Å²) in [4.78, 5) is 10.2. The number of piperazine rings is 1. The van der Waals surface area contributed by atoms with Gasteiger partial charge in [0, 0.05) is 25.5 Å². The van der Waals surface area contributed by atoms with Gasteiger partial charge in [0.2, 0.25) is 16.0 Å². The molecule has 2 atom stereocenters. The summed E-state index contributed by atoms with van der Waals surface area (Å²) < 4.78 is 51.0. The van der Waals surface area contributed by atoms with Crippen molar-refractivity contribution in [3.63, 3.8) is 0 Å². The van der Waals surface area contributed by atoms with E-state index in [4.69, 9.17) is 0 Å². The highest BCUT2D eigenvalue weighted by Crippen LogP contribution is 2.37. The lowest BCUT2D eigenvalue weighted by molar-refractivity contribution is 0.272. The molecule has 10 heteroatoms. The molecule has 8 nitrogen and oxygen atoms in total. The van der Waals surface area contributed by atoms with Gasteiger partial charge in [0.1, 0.15) is 0 Å². The lowest BCUT2D eigenvalue weighted by Gasteiger charge is -2.43. The van der Waals surface area contributed by atoms with E-state index in [1.807, 2.05) is 4.90 Å². The molecule has 0 aromatic carbocycles. The standard InChI is InChI=1S/C13H18N4O4S2/c18-22(19)8-11-12(9-22)17(23(20,21)10-2-3-10)7-6-16(11)13-14-4-1-5-15-13/h1,4-5,10-12H,2-3,6-9H2/t11-,12+/m1/s1. The van der Waals surface area contributed by atoms with Gasteiger partial charge in [-0.2, -0.15) is 4.31 Å². The van der Waals surface area contributed by atoms with E-state index in [0.717, 1.165) is 0 Å². The predicted octanol–water partition coefficient (Wildman–Crippen LogP) is -0.744. The molecule has 126 valence electrons. The van der Waals surface area contributed by atoms with Crippen molar-refractivity contribution in [1.29, 1.82) is 0 Å². The molecule has 1 aliphatic carbocycles. The zero-order valence-corrected chi connectivity index (χ0v) is 14.1. The third kappa shape index (κ3) is 2.62. The van der Waals surface area contributed by atoms with Crippen molar-refractivity contribution in [3.8, 4) is 0 Å². The molecular weight excluding hydrogens is 340 g/mol. The van der Waals surface area contributed by atoms with Crippen molar-refractivity contribution in [2.75, 3.05) is 29.5 Å². The van der Waals surface area contributed by atoms with E-state index in [9.17, 15) is 16.8 Å². The van der Waals surface area contributed by atoms with Gasteiger partial charge in [-0.3, -0.25) is 0 Å². The molecule has 1 aromatic heterocycles. The van der Waals surface area contributed by atoms with Crippen LogP contribution in [0.15, 0.2) is 18.5 Å². The summed E-state index contributed by atoms with van der Waals surface area (Å²) in [6.07, 6.45) is 4.56. The molecule has 0 bridgehead atoms. The van der Waals surface area contributed by atoms with Crippen molar-refractivity contribution < 1.29 is 16.8 Å². The number of nitrogens with zero attached hydrogens (tertiary/aromatic N) is 4. The number of hydrogen-bond acceptors (Lipinski definition) is 7. The molecule has 0 N–H and O–H groups in total. The second-order valence-electron chi connectivity index (χ2n) is 6.31. The fourth-order valence-corrected chi connectivity index (χ4v) is 7.60. The van der Waals surface area contributed by atoms with Crippen LogP contribution in [0.25, 0.3) is 0 Å². The van der Waals surface area contributed by atoms with Crippen molar-refractivity contribution >= 4 is 25.8 Å². The Labute approximate surface area is 135 Å². The Hall–Kier alpha value is -1.26. The Balaban J connectivity index is 1.70. The van der Waals surface area contributed by atoms with E-state index in [1.54, 1.807) is 18.5 Å². The highest BCUT2D eigenvalue weighted by molar-refractivity contribution is 7.92. The molecule has 1 saturated carbocycles. The first-order chi connectivity index (χ1) is 10.9. The van der Waals surface area contributed by atoms with Gasteiger partial charge in [0.05, 0.1) is 28.8 Å². The molecule has 2 saturated heterocycles. The normalized spacial score (nSPS) is 31.0. The maximum atomic E-state index is 12.6. The number of sulfone groups is 1. The predicted molar refractivity (Wildman–Crippen MR) is 84.3 cm³/mol. The highest BCUT2D eigenvalue weighted by atomic mass is 32.2. The summed E-state index contributed by atoms with van der Waals surface area (Å²) in [6.45, 7) is 0.695. The minimum absolute atomic E-state index is 0.0490. The van der Waals surface area contributed by atoms with E-state index >= 15 is 0 Å². The number of sulfonamides is 1. The Morgan fingerprint density at radius 1 is 1.04 bits per heavy atom. The summed E-state index contributed by atoms with van der Waals surface area (Å²) in [7, 11) is -6.67. The maximum absolute atomic E-state index is 12.6. The lowest BCUT2D eigenvalue weighted by Crippen LogP contribution is -2.61. The highest BCUT2D eigenvalue weighted by Gasteiger charge is 2.53. The molecule has 0 amide bonds. The molecule has 4 rings (SSSR count). The van der Waals surface area contributed by atoms with Crippen LogP contribution >= 0.6 is 0 Å². The SMILES string of the molecule is O=S1(=O)C[C@@H]2[C@H](C1)N(S(=O)(=O)C1CC1)CCN2c1ncccn1. The van der Waals surface area contributed by atoms with Crippen molar-refractivity contribution in [1.82, 2.24) is 14.3 Å². The first-order valence-electron chi connectivity index (χ1n) is 7.63. The maximum Gasteiger partial charge on any atom is 0.225 e. The monoisotopic (exact) mass is 358 g/mol. The second kappa shape index (κ2) is 5.12. The topological polar surface area (TPSA) is 101 Å². The average Bonchev–Trinajstić information content (AvgIpc) is 3.30. The van der Waals surface area contributed by atoms with Gasteiger partial charge in [-0.1, -0.05) is 0 Å². The van der Waals surface area contributed by atoms with Gasteiger partial charge < -0.3 is 4.90 Å². The van der Waals surface area contributed by atoms with E-state index < -0.39 is 31.9 Å². The molecule has 3 heterocycles. The third-order valence-electron chi connectivity index (χ3n) is 4.71. The summed E-state index contributed by atoms with van der Waals surface area (Å²) in [5, 5.41) is -0.328. The Kier molecular flexibility index (Phi) is 3.40. The Bertz CT molecular complexity index is 808. The lowest BCUT2D eigenvalue weighted by atomic mass is 10.1. The molecule has 1 aromatic rings. The van der Waals surface area contributed by atoms with Crippen molar-refractivity contribution in [3.05, 3.63) is 18.5 Å². The Morgan fingerprint density at radius 3 is 2.35 bits per heavy atom. The third-order valence-corrected chi connectivity index (χ3v) is 8.83. The number of rotatable bonds is 3. The van der Waals surface area contributed by atoms with Gasteiger partial charge in [-0.15, -0.1) is 0 Å². The molecule has 23 heavy (non-hydrogen) atoms. The van der Waals surface area contributed by atoms with Crippen LogP contribution in [0.1, 0.15) is 12.8 Å². The summed E-state index contributed by atoms with van der Waals surface area (Å²) >= 11 is 0. The van der Waals surface area contributed by atoms with E-state index in [2.05, 4.69) is 9.97 Å². The van der Waals surface area contributed by atoms with Crippen molar-refractivity contribution in [2.24, 2.45) is 0 Å². The van der Waals surface area contributed by atoms with Crippen LogP contribution in [0.3, 0.4) is 0 Å². The fraction of sp³-hybridized carbons (Fsp3) is 0.692. The van der Waals surface area contributed by atoms with E-state index in [0.29, 0.717) is 25.3 Å². The Morgan fingerprint density at radius 2 is 1.70 bits per heavy atom. The minimum Gasteiger partial charge on any atom is -0.334 e. The number of aromatic nitrogens is 2. The first kappa shape index (κ1) is 15.3. The molecule has 0 unspecified atom stereocenters. The number of hydrogen-bond donors (Lipinski definition) is 0. The van der Waals surface area contributed by atoms with Gasteiger partial charge in [-0.05, 0) is 18.9 Å².